The van der Waals surface area contributed by atoms with Gasteiger partial charge in [0.15, 0.2) is 5.82 Å². The molecule has 0 aliphatic carbocycles. The molecule has 3 rings (SSSR count). The van der Waals surface area contributed by atoms with E-state index in [2.05, 4.69) is 15.6 Å². The zero-order valence-electron chi connectivity index (χ0n) is 14.1. The molecule has 0 saturated carbocycles. The van der Waals surface area contributed by atoms with Crippen molar-refractivity contribution in [1.29, 1.82) is 0 Å². The molecule has 0 atom stereocenters. The van der Waals surface area contributed by atoms with Gasteiger partial charge in [-0.15, -0.1) is 0 Å². The first kappa shape index (κ1) is 18.8. The van der Waals surface area contributed by atoms with E-state index in [1.165, 1.54) is 0 Å². The molecule has 0 bridgehead atoms. The summed E-state index contributed by atoms with van der Waals surface area (Å²) in [6.07, 6.45) is 0.760. The Morgan fingerprint density at radius 3 is 2.62 bits per heavy atom. The second-order valence-electron chi connectivity index (χ2n) is 5.64. The molecule has 136 valence electrons. The molecule has 5 nitrogen and oxygen atoms in total. The molecule has 0 saturated heterocycles. The van der Waals surface area contributed by atoms with Crippen molar-refractivity contribution in [2.45, 2.75) is 26.5 Å². The van der Waals surface area contributed by atoms with Crippen LogP contribution in [0.4, 0.5) is 0 Å². The van der Waals surface area contributed by atoms with E-state index < -0.39 is 0 Å². The van der Waals surface area contributed by atoms with Crippen LogP contribution in [0.15, 0.2) is 42.5 Å². The molecule has 0 unspecified atom stereocenters. The Morgan fingerprint density at radius 2 is 1.88 bits per heavy atom. The summed E-state index contributed by atoms with van der Waals surface area (Å²) in [4.78, 5) is 0. The number of nitrogens with one attached hydrogen (secondary N) is 2. The molecule has 1 heterocycles. The number of aryl methyl sites for hydroxylation is 1. The molecule has 2 N–H and O–H groups in total. The molecule has 1 aromatic heterocycles. The van der Waals surface area contributed by atoms with Crippen LogP contribution in [0.2, 0.25) is 10.0 Å². The molecular weight excluding hydrogens is 391 g/mol. The van der Waals surface area contributed by atoms with E-state index in [9.17, 15) is 0 Å². The predicted molar refractivity (Wildman–Crippen MR) is 107 cm³/mol. The van der Waals surface area contributed by atoms with Gasteiger partial charge in [0.1, 0.15) is 12.4 Å². The van der Waals surface area contributed by atoms with E-state index in [0.717, 1.165) is 29.1 Å². The maximum atomic E-state index is 6.16. The van der Waals surface area contributed by atoms with Crippen molar-refractivity contribution >= 4 is 35.4 Å². The number of rotatable bonds is 7. The van der Waals surface area contributed by atoms with Crippen LogP contribution in [0.3, 0.4) is 0 Å². The van der Waals surface area contributed by atoms with E-state index in [-0.39, 0.29) is 0 Å². The van der Waals surface area contributed by atoms with Crippen LogP contribution in [-0.4, -0.2) is 14.9 Å². The van der Waals surface area contributed by atoms with Gasteiger partial charge in [0.2, 0.25) is 4.77 Å². The molecular formula is C18H18Cl2N4OS. The molecule has 0 spiro atoms. The lowest BCUT2D eigenvalue weighted by molar-refractivity contribution is 0.303. The molecule has 0 amide bonds. The first-order valence-electron chi connectivity index (χ1n) is 8.12. The fourth-order valence-corrected chi connectivity index (χ4v) is 3.00. The summed E-state index contributed by atoms with van der Waals surface area (Å²) in [7, 11) is 0. The molecule has 0 aliphatic rings. The Kier molecular flexibility index (Phi) is 6.19. The van der Waals surface area contributed by atoms with Crippen LogP contribution in [0.1, 0.15) is 23.9 Å². The normalized spacial score (nSPS) is 10.7. The Balaban J connectivity index is 1.74. The van der Waals surface area contributed by atoms with Gasteiger partial charge in [-0.25, -0.2) is 4.68 Å². The fourth-order valence-electron chi connectivity index (χ4n) is 2.46. The second-order valence-corrected chi connectivity index (χ2v) is 6.90. The first-order valence-corrected chi connectivity index (χ1v) is 9.29. The summed E-state index contributed by atoms with van der Waals surface area (Å²) in [5, 5.41) is 8.32. The quantitative estimate of drug-likeness (QED) is 0.531. The van der Waals surface area contributed by atoms with E-state index in [4.69, 9.17) is 40.2 Å². The van der Waals surface area contributed by atoms with Crippen molar-refractivity contribution in [2.75, 3.05) is 5.43 Å². The highest BCUT2D eigenvalue weighted by Crippen LogP contribution is 2.24. The minimum Gasteiger partial charge on any atom is -0.489 e. The molecule has 8 heteroatoms. The van der Waals surface area contributed by atoms with Crippen molar-refractivity contribution < 1.29 is 4.74 Å². The standard InChI is InChI=1S/C18H18Cl2N4OS/c1-2-17-22-23-18(26)24(17)21-10-13-9-15(20)7-8-16(13)25-11-12-3-5-14(19)6-4-12/h3-9,21H,2,10-11H2,1H3,(H,23,26). The van der Waals surface area contributed by atoms with E-state index in [1.54, 1.807) is 4.68 Å². The number of hydrogen-bond donors (Lipinski definition) is 2. The maximum Gasteiger partial charge on any atom is 0.214 e. The lowest BCUT2D eigenvalue weighted by Gasteiger charge is -2.14. The Labute approximate surface area is 166 Å². The van der Waals surface area contributed by atoms with Crippen LogP contribution in [-0.2, 0) is 19.6 Å². The maximum absolute atomic E-state index is 6.16. The summed E-state index contributed by atoms with van der Waals surface area (Å²) in [6, 6.07) is 13.1. The largest absolute Gasteiger partial charge is 0.489 e. The molecule has 3 aromatic rings. The Hall–Kier alpha value is -2.02. The highest BCUT2D eigenvalue weighted by Gasteiger charge is 2.08. The van der Waals surface area contributed by atoms with Gasteiger partial charge in [0.25, 0.3) is 0 Å². The zero-order valence-corrected chi connectivity index (χ0v) is 16.5. The van der Waals surface area contributed by atoms with Gasteiger partial charge < -0.3 is 10.2 Å². The SMILES string of the molecule is CCc1n[nH]c(=S)n1NCc1cc(Cl)ccc1OCc1ccc(Cl)cc1. The monoisotopic (exact) mass is 408 g/mol. The number of halogens is 2. The lowest BCUT2D eigenvalue weighted by atomic mass is 10.2. The summed E-state index contributed by atoms with van der Waals surface area (Å²) in [6.45, 7) is 2.96. The van der Waals surface area contributed by atoms with Gasteiger partial charge >= 0.3 is 0 Å². The van der Waals surface area contributed by atoms with E-state index in [1.807, 2.05) is 49.4 Å². The number of H-pyrrole nitrogens is 1. The minimum atomic E-state index is 0.442. The van der Waals surface area contributed by atoms with Gasteiger partial charge in [-0.05, 0) is 48.1 Å². The third kappa shape index (κ3) is 4.58. The summed E-state index contributed by atoms with van der Waals surface area (Å²) in [5.41, 5.74) is 5.23. The summed E-state index contributed by atoms with van der Waals surface area (Å²) in [5.74, 6) is 1.59. The van der Waals surface area contributed by atoms with Gasteiger partial charge in [0, 0.05) is 22.0 Å². The summed E-state index contributed by atoms with van der Waals surface area (Å²) < 4.78 is 8.26. The number of benzene rings is 2. The van der Waals surface area contributed by atoms with Crippen molar-refractivity contribution in [3.63, 3.8) is 0 Å². The minimum absolute atomic E-state index is 0.442. The van der Waals surface area contributed by atoms with Crippen LogP contribution in [0, 0.1) is 4.77 Å². The van der Waals surface area contributed by atoms with E-state index in [0.29, 0.717) is 28.0 Å². The van der Waals surface area contributed by atoms with Crippen LogP contribution < -0.4 is 10.2 Å². The van der Waals surface area contributed by atoms with Crippen LogP contribution in [0.5, 0.6) is 5.75 Å². The molecule has 26 heavy (non-hydrogen) atoms. The number of aromatic nitrogens is 3. The van der Waals surface area contributed by atoms with Crippen LogP contribution >= 0.6 is 35.4 Å². The zero-order chi connectivity index (χ0) is 18.5. The highest BCUT2D eigenvalue weighted by atomic mass is 35.5. The number of hydrogen-bond acceptors (Lipinski definition) is 4. The van der Waals surface area contributed by atoms with Gasteiger partial charge in [0.05, 0.1) is 6.54 Å². The highest BCUT2D eigenvalue weighted by molar-refractivity contribution is 7.71. The molecule has 0 fully saturated rings. The second kappa shape index (κ2) is 8.58. The smallest absolute Gasteiger partial charge is 0.214 e. The van der Waals surface area contributed by atoms with Crippen molar-refractivity contribution in [3.8, 4) is 5.75 Å². The number of nitrogens with zero attached hydrogens (tertiary/aromatic N) is 2. The van der Waals surface area contributed by atoms with Crippen molar-refractivity contribution in [3.05, 3.63) is 74.2 Å². The topological polar surface area (TPSA) is 54.9 Å². The average Bonchev–Trinajstić information content (AvgIpc) is 3.00. The number of aromatic amines is 1. The van der Waals surface area contributed by atoms with E-state index >= 15 is 0 Å². The number of ether oxygens (including phenoxy) is 1. The summed E-state index contributed by atoms with van der Waals surface area (Å²) >= 11 is 17.3. The molecule has 0 aliphatic heterocycles. The third-order valence-electron chi connectivity index (χ3n) is 3.82. The first-order chi connectivity index (χ1) is 12.6. The lowest BCUT2D eigenvalue weighted by Crippen LogP contribution is -2.17. The fraction of sp³-hybridized carbons (Fsp3) is 0.222. The van der Waals surface area contributed by atoms with Crippen LogP contribution in [0.25, 0.3) is 0 Å². The third-order valence-corrected chi connectivity index (χ3v) is 4.58. The van der Waals surface area contributed by atoms with Gasteiger partial charge in [-0.2, -0.15) is 5.10 Å². The Bertz CT molecular complexity index is 937. The van der Waals surface area contributed by atoms with Crippen molar-refractivity contribution in [1.82, 2.24) is 14.9 Å². The molecule has 2 aromatic carbocycles. The van der Waals surface area contributed by atoms with Crippen molar-refractivity contribution in [2.24, 2.45) is 0 Å². The van der Waals surface area contributed by atoms with Gasteiger partial charge in [-0.1, -0.05) is 42.3 Å². The average molecular weight is 409 g/mol. The molecule has 0 radical (unpaired) electrons. The Morgan fingerprint density at radius 1 is 1.15 bits per heavy atom. The predicted octanol–water partition coefficient (Wildman–Crippen LogP) is 5.13. The van der Waals surface area contributed by atoms with Gasteiger partial charge in [-0.3, -0.25) is 5.10 Å².